The van der Waals surface area contributed by atoms with Crippen LogP contribution in [0.1, 0.15) is 40.7 Å². The molecule has 4 nitrogen and oxygen atoms in total. The van der Waals surface area contributed by atoms with E-state index in [1.807, 2.05) is 18.2 Å². The Morgan fingerprint density at radius 3 is 2.32 bits per heavy atom. The summed E-state index contributed by atoms with van der Waals surface area (Å²) < 4.78 is 0. The Morgan fingerprint density at radius 1 is 1.00 bits per heavy atom. The zero-order chi connectivity index (χ0) is 17.7. The van der Waals surface area contributed by atoms with Gasteiger partial charge in [-0.1, -0.05) is 55.0 Å². The van der Waals surface area contributed by atoms with Gasteiger partial charge in [-0.25, -0.2) is 4.79 Å². The smallest absolute Gasteiger partial charge is 0.335 e. The lowest BCUT2D eigenvalue weighted by molar-refractivity contribution is -0.121. The van der Waals surface area contributed by atoms with Crippen LogP contribution in [-0.2, 0) is 17.6 Å². The number of aromatic carboxylic acids is 1. The van der Waals surface area contributed by atoms with Crippen molar-refractivity contribution >= 4 is 11.9 Å². The molecule has 130 valence electrons. The molecule has 1 saturated carbocycles. The number of hydrogen-bond donors (Lipinski definition) is 2. The number of carboxylic acids is 1. The number of amides is 1. The molecule has 1 aliphatic rings. The third-order valence-corrected chi connectivity index (χ3v) is 5.10. The van der Waals surface area contributed by atoms with E-state index in [1.165, 1.54) is 18.1 Å². The SMILES string of the molecule is O=C(Cc1ccccc1C(=O)O)NCC1(Cc2ccccc2)CCC1. The minimum absolute atomic E-state index is 0.101. The number of carbonyl (C=O) groups is 2. The van der Waals surface area contributed by atoms with Crippen molar-refractivity contribution in [2.24, 2.45) is 5.41 Å². The summed E-state index contributed by atoms with van der Waals surface area (Å²) in [5.74, 6) is -1.11. The van der Waals surface area contributed by atoms with Gasteiger partial charge in [-0.15, -0.1) is 0 Å². The van der Waals surface area contributed by atoms with Gasteiger partial charge in [0, 0.05) is 6.54 Å². The maximum atomic E-state index is 12.3. The second-order valence-electron chi connectivity index (χ2n) is 6.93. The van der Waals surface area contributed by atoms with Gasteiger partial charge in [0.15, 0.2) is 0 Å². The van der Waals surface area contributed by atoms with E-state index < -0.39 is 5.97 Å². The van der Waals surface area contributed by atoms with Gasteiger partial charge >= 0.3 is 5.97 Å². The summed E-state index contributed by atoms with van der Waals surface area (Å²) in [6, 6.07) is 17.0. The van der Waals surface area contributed by atoms with Crippen LogP contribution >= 0.6 is 0 Å². The van der Waals surface area contributed by atoms with E-state index >= 15 is 0 Å². The summed E-state index contributed by atoms with van der Waals surface area (Å²) in [5, 5.41) is 12.2. The molecule has 25 heavy (non-hydrogen) atoms. The van der Waals surface area contributed by atoms with Crippen LogP contribution in [0.5, 0.6) is 0 Å². The van der Waals surface area contributed by atoms with Crippen LogP contribution in [0.2, 0.25) is 0 Å². The highest BCUT2D eigenvalue weighted by atomic mass is 16.4. The molecule has 0 saturated heterocycles. The van der Waals surface area contributed by atoms with Crippen molar-refractivity contribution in [1.82, 2.24) is 5.32 Å². The molecule has 0 aromatic heterocycles. The first-order valence-corrected chi connectivity index (χ1v) is 8.70. The number of carbonyl (C=O) groups excluding carboxylic acids is 1. The molecule has 1 aliphatic carbocycles. The van der Waals surface area contributed by atoms with Crippen LogP contribution in [0.15, 0.2) is 54.6 Å². The van der Waals surface area contributed by atoms with Crippen molar-refractivity contribution in [2.45, 2.75) is 32.1 Å². The van der Waals surface area contributed by atoms with E-state index in [2.05, 4.69) is 17.4 Å². The first-order valence-electron chi connectivity index (χ1n) is 8.70. The molecule has 1 amide bonds. The van der Waals surface area contributed by atoms with Crippen LogP contribution in [-0.4, -0.2) is 23.5 Å². The minimum Gasteiger partial charge on any atom is -0.478 e. The molecule has 1 fully saturated rings. The van der Waals surface area contributed by atoms with Crippen molar-refractivity contribution < 1.29 is 14.7 Å². The molecule has 3 rings (SSSR count). The van der Waals surface area contributed by atoms with Gasteiger partial charge in [0.2, 0.25) is 5.91 Å². The quantitative estimate of drug-likeness (QED) is 0.813. The Labute approximate surface area is 147 Å². The van der Waals surface area contributed by atoms with Crippen LogP contribution in [0.25, 0.3) is 0 Å². The van der Waals surface area contributed by atoms with Gasteiger partial charge in [-0.05, 0) is 41.9 Å². The van der Waals surface area contributed by atoms with E-state index in [9.17, 15) is 14.7 Å². The number of benzene rings is 2. The highest BCUT2D eigenvalue weighted by molar-refractivity contribution is 5.91. The molecule has 0 unspecified atom stereocenters. The van der Waals surface area contributed by atoms with Crippen LogP contribution in [0.3, 0.4) is 0 Å². The van der Waals surface area contributed by atoms with Crippen LogP contribution in [0.4, 0.5) is 0 Å². The molecule has 2 aromatic rings. The zero-order valence-electron chi connectivity index (χ0n) is 14.2. The number of hydrogen-bond acceptors (Lipinski definition) is 2. The predicted octanol–water partition coefficient (Wildman–Crippen LogP) is 3.46. The maximum absolute atomic E-state index is 12.3. The molecule has 0 heterocycles. The fourth-order valence-electron chi connectivity index (χ4n) is 3.53. The summed E-state index contributed by atoms with van der Waals surface area (Å²) >= 11 is 0. The Morgan fingerprint density at radius 2 is 1.68 bits per heavy atom. The molecular formula is C21H23NO3. The van der Waals surface area contributed by atoms with Crippen molar-refractivity contribution in [3.05, 3.63) is 71.3 Å². The van der Waals surface area contributed by atoms with E-state index in [0.29, 0.717) is 12.1 Å². The summed E-state index contributed by atoms with van der Waals surface area (Å²) in [4.78, 5) is 23.6. The third-order valence-electron chi connectivity index (χ3n) is 5.10. The van der Waals surface area contributed by atoms with E-state index in [1.54, 1.807) is 18.2 Å². The Hall–Kier alpha value is -2.62. The summed E-state index contributed by atoms with van der Waals surface area (Å²) in [5.41, 5.74) is 2.19. The van der Waals surface area contributed by atoms with Gasteiger partial charge in [0.1, 0.15) is 0 Å². The number of rotatable bonds is 7. The number of nitrogens with one attached hydrogen (secondary N) is 1. The molecule has 0 aliphatic heterocycles. The molecule has 0 atom stereocenters. The lowest BCUT2D eigenvalue weighted by Crippen LogP contribution is -2.44. The van der Waals surface area contributed by atoms with E-state index in [4.69, 9.17) is 0 Å². The largest absolute Gasteiger partial charge is 0.478 e. The highest BCUT2D eigenvalue weighted by Crippen LogP contribution is 2.43. The van der Waals surface area contributed by atoms with Crippen molar-refractivity contribution in [3.8, 4) is 0 Å². The van der Waals surface area contributed by atoms with Crippen LogP contribution in [0, 0.1) is 5.41 Å². The maximum Gasteiger partial charge on any atom is 0.335 e. The average molecular weight is 337 g/mol. The van der Waals surface area contributed by atoms with Gasteiger partial charge in [-0.2, -0.15) is 0 Å². The second kappa shape index (κ2) is 7.51. The lowest BCUT2D eigenvalue weighted by atomic mass is 9.65. The standard InChI is InChI=1S/C21H23NO3/c23-19(13-17-9-4-5-10-18(17)20(24)25)22-15-21(11-6-12-21)14-16-7-2-1-3-8-16/h1-5,7-10H,6,11-15H2,(H,22,23)(H,24,25). The number of carboxylic acid groups (broad SMARTS) is 1. The van der Waals surface area contributed by atoms with Crippen LogP contribution < -0.4 is 5.32 Å². The lowest BCUT2D eigenvalue weighted by Gasteiger charge is -2.42. The first kappa shape index (κ1) is 17.2. The fourth-order valence-corrected chi connectivity index (χ4v) is 3.53. The van der Waals surface area contributed by atoms with E-state index in [-0.39, 0.29) is 23.3 Å². The summed E-state index contributed by atoms with van der Waals surface area (Å²) in [6.07, 6.45) is 4.51. The summed E-state index contributed by atoms with van der Waals surface area (Å²) in [6.45, 7) is 0.649. The van der Waals surface area contributed by atoms with Crippen molar-refractivity contribution in [1.29, 1.82) is 0 Å². The Kier molecular flexibility index (Phi) is 5.17. The molecule has 0 bridgehead atoms. The Bertz CT molecular complexity index is 751. The first-order chi connectivity index (χ1) is 12.1. The molecule has 2 N–H and O–H groups in total. The van der Waals surface area contributed by atoms with Gasteiger partial charge < -0.3 is 10.4 Å². The normalized spacial score (nSPS) is 15.2. The van der Waals surface area contributed by atoms with Crippen molar-refractivity contribution in [2.75, 3.05) is 6.54 Å². The highest BCUT2D eigenvalue weighted by Gasteiger charge is 2.37. The van der Waals surface area contributed by atoms with Gasteiger partial charge in [0.05, 0.1) is 12.0 Å². The second-order valence-corrected chi connectivity index (χ2v) is 6.93. The molecule has 0 spiro atoms. The fraction of sp³-hybridized carbons (Fsp3) is 0.333. The monoisotopic (exact) mass is 337 g/mol. The molecule has 2 aromatic carbocycles. The molecular weight excluding hydrogens is 314 g/mol. The molecule has 4 heteroatoms. The van der Waals surface area contributed by atoms with E-state index in [0.717, 1.165) is 19.3 Å². The van der Waals surface area contributed by atoms with Gasteiger partial charge in [-0.3, -0.25) is 4.79 Å². The summed E-state index contributed by atoms with van der Waals surface area (Å²) in [7, 11) is 0. The van der Waals surface area contributed by atoms with Crippen molar-refractivity contribution in [3.63, 3.8) is 0 Å². The third kappa shape index (κ3) is 4.27. The van der Waals surface area contributed by atoms with Gasteiger partial charge in [0.25, 0.3) is 0 Å². The average Bonchev–Trinajstić information content (AvgIpc) is 2.58. The predicted molar refractivity (Wildman–Crippen MR) is 96.5 cm³/mol. The minimum atomic E-state index is -0.997. The topological polar surface area (TPSA) is 66.4 Å². The zero-order valence-corrected chi connectivity index (χ0v) is 14.2. The Balaban J connectivity index is 1.59. The molecule has 0 radical (unpaired) electrons.